The predicted octanol–water partition coefficient (Wildman–Crippen LogP) is 3.28. The van der Waals surface area contributed by atoms with Crippen molar-refractivity contribution in [3.05, 3.63) is 66.2 Å². The molecule has 3 heterocycles. The molecule has 0 fully saturated rings. The molecule has 4 aromatic rings. The zero-order valence-corrected chi connectivity index (χ0v) is 15.7. The number of pyridine rings is 1. The van der Waals surface area contributed by atoms with E-state index in [1.807, 2.05) is 36.4 Å². The summed E-state index contributed by atoms with van der Waals surface area (Å²) < 4.78 is 7.85. The van der Waals surface area contributed by atoms with Crippen molar-refractivity contribution in [3.8, 4) is 5.75 Å². The second-order valence-corrected chi connectivity index (χ2v) is 6.93. The third-order valence-corrected chi connectivity index (χ3v) is 5.10. The van der Waals surface area contributed by atoms with Gasteiger partial charge in [0.05, 0.1) is 29.6 Å². The van der Waals surface area contributed by atoms with Crippen LogP contribution in [0.25, 0.3) is 10.2 Å². The molecule has 3 aromatic heterocycles. The third-order valence-electron chi connectivity index (χ3n) is 4.04. The fourth-order valence-corrected chi connectivity index (χ4v) is 3.63. The van der Waals surface area contributed by atoms with Gasteiger partial charge in [-0.05, 0) is 30.3 Å². The molecule has 27 heavy (non-hydrogen) atoms. The van der Waals surface area contributed by atoms with Crippen molar-refractivity contribution in [1.29, 1.82) is 0 Å². The van der Waals surface area contributed by atoms with Crippen LogP contribution in [0.1, 0.15) is 16.2 Å². The molecule has 7 nitrogen and oxygen atoms in total. The van der Waals surface area contributed by atoms with Gasteiger partial charge in [-0.1, -0.05) is 17.4 Å². The highest BCUT2D eigenvalue weighted by atomic mass is 32.1. The normalized spacial score (nSPS) is 10.9. The van der Waals surface area contributed by atoms with E-state index in [1.165, 1.54) is 11.3 Å². The Kier molecular flexibility index (Phi) is 4.55. The maximum absolute atomic E-state index is 13.1. The number of aromatic nitrogens is 4. The Labute approximate surface area is 159 Å². The summed E-state index contributed by atoms with van der Waals surface area (Å²) in [5.41, 5.74) is 1.93. The molecule has 0 saturated carbocycles. The van der Waals surface area contributed by atoms with Crippen LogP contribution >= 0.6 is 11.3 Å². The first-order valence-corrected chi connectivity index (χ1v) is 9.11. The Morgan fingerprint density at radius 3 is 2.85 bits per heavy atom. The van der Waals surface area contributed by atoms with E-state index >= 15 is 0 Å². The molecule has 0 aliphatic carbocycles. The number of carbonyl (C=O) groups is 1. The number of hydrogen-bond donors (Lipinski definition) is 0. The summed E-state index contributed by atoms with van der Waals surface area (Å²) in [5.74, 6) is 0.513. The van der Waals surface area contributed by atoms with Crippen LogP contribution in [0.5, 0.6) is 5.75 Å². The molecular formula is C19H17N5O2S. The highest BCUT2D eigenvalue weighted by Gasteiger charge is 2.24. The zero-order valence-electron chi connectivity index (χ0n) is 14.9. The van der Waals surface area contributed by atoms with Crippen LogP contribution in [-0.4, -0.2) is 32.8 Å². The minimum Gasteiger partial charge on any atom is -0.497 e. The highest BCUT2D eigenvalue weighted by Crippen LogP contribution is 2.32. The lowest BCUT2D eigenvalue weighted by Crippen LogP contribution is -2.31. The van der Waals surface area contributed by atoms with Crippen LogP contribution in [0.4, 0.5) is 5.13 Å². The monoisotopic (exact) mass is 379 g/mol. The number of benzene rings is 1. The molecule has 136 valence electrons. The lowest BCUT2D eigenvalue weighted by Gasteiger charge is -2.18. The lowest BCUT2D eigenvalue weighted by molar-refractivity contribution is 0.0979. The minimum absolute atomic E-state index is 0.215. The van der Waals surface area contributed by atoms with Crippen molar-refractivity contribution >= 4 is 32.6 Å². The summed E-state index contributed by atoms with van der Waals surface area (Å²) in [4.78, 5) is 23.7. The molecule has 4 rings (SSSR count). The number of methoxy groups -OCH3 is 1. The fourth-order valence-electron chi connectivity index (χ4n) is 2.68. The number of hydrogen-bond acceptors (Lipinski definition) is 6. The second-order valence-electron chi connectivity index (χ2n) is 5.92. The van der Waals surface area contributed by atoms with Crippen LogP contribution in [0.15, 0.2) is 54.9 Å². The summed E-state index contributed by atoms with van der Waals surface area (Å²) in [6, 6.07) is 13.0. The molecule has 0 atom stereocenters. The maximum Gasteiger partial charge on any atom is 0.280 e. The van der Waals surface area contributed by atoms with E-state index in [4.69, 9.17) is 4.74 Å². The standard InChI is InChI=1S/C19H17N5O2S/c1-23-10-8-15(22-23)18(25)24(12-13-5-3-4-9-20-13)19-21-16-11-14(26-2)6-7-17(16)27-19/h3-11H,12H2,1-2H3. The lowest BCUT2D eigenvalue weighted by atomic mass is 10.3. The number of thiazole rings is 1. The average molecular weight is 379 g/mol. The largest absolute Gasteiger partial charge is 0.497 e. The van der Waals surface area contributed by atoms with Gasteiger partial charge >= 0.3 is 0 Å². The van der Waals surface area contributed by atoms with Gasteiger partial charge in [0.25, 0.3) is 5.91 Å². The van der Waals surface area contributed by atoms with E-state index in [-0.39, 0.29) is 5.91 Å². The number of aryl methyl sites for hydroxylation is 1. The Balaban J connectivity index is 1.75. The van der Waals surface area contributed by atoms with E-state index in [1.54, 1.807) is 42.2 Å². The second kappa shape index (κ2) is 7.16. The maximum atomic E-state index is 13.1. The molecule has 0 saturated heterocycles. The Bertz CT molecular complexity index is 1090. The van der Waals surface area contributed by atoms with Crippen molar-refractivity contribution in [3.63, 3.8) is 0 Å². The molecule has 0 radical (unpaired) electrons. The van der Waals surface area contributed by atoms with Gasteiger partial charge in [0, 0.05) is 25.5 Å². The van der Waals surface area contributed by atoms with Gasteiger partial charge in [0.15, 0.2) is 10.8 Å². The number of rotatable bonds is 5. The van der Waals surface area contributed by atoms with E-state index in [0.29, 0.717) is 17.4 Å². The molecule has 0 aliphatic rings. The molecule has 0 aliphatic heterocycles. The zero-order chi connectivity index (χ0) is 18.8. The van der Waals surface area contributed by atoms with Crippen LogP contribution < -0.4 is 9.64 Å². The topological polar surface area (TPSA) is 73.1 Å². The first-order valence-electron chi connectivity index (χ1n) is 8.30. The van der Waals surface area contributed by atoms with Crippen molar-refractivity contribution < 1.29 is 9.53 Å². The smallest absolute Gasteiger partial charge is 0.280 e. The van der Waals surface area contributed by atoms with Gasteiger partial charge in [-0.2, -0.15) is 5.10 Å². The first-order chi connectivity index (χ1) is 13.1. The quantitative estimate of drug-likeness (QED) is 0.532. The molecule has 0 spiro atoms. The van der Waals surface area contributed by atoms with Gasteiger partial charge in [0.1, 0.15) is 5.75 Å². The van der Waals surface area contributed by atoms with Gasteiger partial charge in [-0.15, -0.1) is 0 Å². The van der Waals surface area contributed by atoms with E-state index in [2.05, 4.69) is 15.1 Å². The average Bonchev–Trinajstić information content (AvgIpc) is 3.31. The summed E-state index contributed by atoms with van der Waals surface area (Å²) in [5, 5.41) is 4.84. The summed E-state index contributed by atoms with van der Waals surface area (Å²) in [6.45, 7) is 0.313. The van der Waals surface area contributed by atoms with Crippen LogP contribution in [-0.2, 0) is 13.6 Å². The van der Waals surface area contributed by atoms with E-state index in [9.17, 15) is 4.79 Å². The van der Waals surface area contributed by atoms with E-state index < -0.39 is 0 Å². The molecule has 1 aromatic carbocycles. The van der Waals surface area contributed by atoms with Gasteiger partial charge in [0.2, 0.25) is 0 Å². The summed E-state index contributed by atoms with van der Waals surface area (Å²) in [6.07, 6.45) is 3.46. The number of amides is 1. The Hall–Kier alpha value is -3.26. The third kappa shape index (κ3) is 3.52. The number of ether oxygens (including phenoxy) is 1. The number of fused-ring (bicyclic) bond motifs is 1. The molecule has 8 heteroatoms. The van der Waals surface area contributed by atoms with Crippen LogP contribution in [0, 0.1) is 0 Å². The molecular weight excluding hydrogens is 362 g/mol. The van der Waals surface area contributed by atoms with Crippen molar-refractivity contribution in [1.82, 2.24) is 19.7 Å². The van der Waals surface area contributed by atoms with Crippen LogP contribution in [0.3, 0.4) is 0 Å². The van der Waals surface area contributed by atoms with Crippen molar-refractivity contribution in [2.75, 3.05) is 12.0 Å². The van der Waals surface area contributed by atoms with Crippen LogP contribution in [0.2, 0.25) is 0 Å². The number of anilines is 1. The fraction of sp³-hybridized carbons (Fsp3) is 0.158. The van der Waals surface area contributed by atoms with Gasteiger partial charge in [-0.3, -0.25) is 19.4 Å². The molecule has 0 bridgehead atoms. The van der Waals surface area contributed by atoms with E-state index in [0.717, 1.165) is 21.7 Å². The Morgan fingerprint density at radius 2 is 2.15 bits per heavy atom. The van der Waals surface area contributed by atoms with Gasteiger partial charge in [-0.25, -0.2) is 4.98 Å². The SMILES string of the molecule is COc1ccc2sc(N(Cc3ccccn3)C(=O)c3ccn(C)n3)nc2c1. The predicted molar refractivity (Wildman–Crippen MR) is 104 cm³/mol. The molecule has 0 N–H and O–H groups in total. The van der Waals surface area contributed by atoms with Crippen molar-refractivity contribution in [2.45, 2.75) is 6.54 Å². The number of nitrogens with zero attached hydrogens (tertiary/aromatic N) is 5. The Morgan fingerprint density at radius 1 is 1.26 bits per heavy atom. The highest BCUT2D eigenvalue weighted by molar-refractivity contribution is 7.22. The minimum atomic E-state index is -0.215. The number of carbonyl (C=O) groups excluding carboxylic acids is 1. The summed E-state index contributed by atoms with van der Waals surface area (Å²) >= 11 is 1.45. The van der Waals surface area contributed by atoms with Crippen molar-refractivity contribution in [2.24, 2.45) is 7.05 Å². The van der Waals surface area contributed by atoms with Gasteiger partial charge < -0.3 is 4.74 Å². The molecule has 1 amide bonds. The molecule has 0 unspecified atom stereocenters. The summed E-state index contributed by atoms with van der Waals surface area (Å²) in [7, 11) is 3.40. The first kappa shape index (κ1) is 17.2.